The molecule has 0 saturated heterocycles. The van der Waals surface area contributed by atoms with Crippen molar-refractivity contribution >= 4 is 28.2 Å². The van der Waals surface area contributed by atoms with Gasteiger partial charge in [0.1, 0.15) is 10.6 Å². The summed E-state index contributed by atoms with van der Waals surface area (Å²) in [7, 11) is 2.99. The second kappa shape index (κ2) is 7.92. The van der Waals surface area contributed by atoms with Crippen molar-refractivity contribution in [3.05, 3.63) is 65.0 Å². The molecule has 0 atom stereocenters. The van der Waals surface area contributed by atoms with Crippen LogP contribution in [0.2, 0.25) is 0 Å². The van der Waals surface area contributed by atoms with E-state index in [9.17, 15) is 14.7 Å². The molecule has 7 heteroatoms. The molecule has 3 rings (SSSR count). The quantitative estimate of drug-likeness (QED) is 0.660. The fraction of sp³-hybridized carbons (Fsp3) is 0.100. The molecule has 1 aromatic heterocycles. The molecule has 2 aromatic carbocycles. The van der Waals surface area contributed by atoms with Crippen LogP contribution in [0.25, 0.3) is 11.1 Å². The van der Waals surface area contributed by atoms with Crippen LogP contribution >= 0.6 is 11.3 Å². The first-order valence-corrected chi connectivity index (χ1v) is 8.86. The van der Waals surface area contributed by atoms with Crippen LogP contribution in [0.5, 0.6) is 11.5 Å². The molecule has 3 aromatic rings. The van der Waals surface area contributed by atoms with Gasteiger partial charge in [0.2, 0.25) is 0 Å². The highest BCUT2D eigenvalue weighted by molar-refractivity contribution is 7.15. The van der Waals surface area contributed by atoms with Crippen molar-refractivity contribution in [1.82, 2.24) is 0 Å². The van der Waals surface area contributed by atoms with Crippen molar-refractivity contribution in [3.63, 3.8) is 0 Å². The van der Waals surface area contributed by atoms with Crippen molar-refractivity contribution in [3.8, 4) is 22.6 Å². The zero-order chi connectivity index (χ0) is 19.4. The minimum absolute atomic E-state index is 0.0695. The van der Waals surface area contributed by atoms with Gasteiger partial charge in [-0.1, -0.05) is 30.3 Å². The van der Waals surface area contributed by atoms with Crippen LogP contribution < -0.4 is 14.8 Å². The first-order valence-electron chi connectivity index (χ1n) is 7.98. The highest BCUT2D eigenvalue weighted by Gasteiger charge is 2.22. The maximum absolute atomic E-state index is 12.6. The number of anilines is 1. The lowest BCUT2D eigenvalue weighted by atomic mass is 10.0. The number of carboxylic acids is 1. The Bertz CT molecular complexity index is 981. The fourth-order valence-corrected chi connectivity index (χ4v) is 3.60. The molecule has 0 radical (unpaired) electrons. The lowest BCUT2D eigenvalue weighted by molar-refractivity contribution is 0.0699. The Balaban J connectivity index is 1.93. The van der Waals surface area contributed by atoms with Crippen molar-refractivity contribution in [2.45, 2.75) is 0 Å². The van der Waals surface area contributed by atoms with Crippen molar-refractivity contribution in [2.75, 3.05) is 19.5 Å². The van der Waals surface area contributed by atoms with Gasteiger partial charge in [0.15, 0.2) is 11.5 Å². The standard InChI is InChI=1S/C20H17NO5S/c1-25-15-9-8-13(10-16(15)26-2)18(22)21-19-17(20(23)24)14(11-27-19)12-6-4-3-5-7-12/h3-11H,1-2H3,(H,21,22)(H,23,24). The predicted molar refractivity (Wildman–Crippen MR) is 104 cm³/mol. The number of amides is 1. The van der Waals surface area contributed by atoms with Gasteiger partial charge >= 0.3 is 5.97 Å². The minimum Gasteiger partial charge on any atom is -0.493 e. The summed E-state index contributed by atoms with van der Waals surface area (Å²) in [5, 5.41) is 14.3. The first kappa shape index (κ1) is 18.5. The number of methoxy groups -OCH3 is 2. The monoisotopic (exact) mass is 383 g/mol. The van der Waals surface area contributed by atoms with Crippen LogP contribution in [0.3, 0.4) is 0 Å². The topological polar surface area (TPSA) is 84.9 Å². The normalized spacial score (nSPS) is 10.3. The third kappa shape index (κ3) is 3.78. The summed E-state index contributed by atoms with van der Waals surface area (Å²) in [4.78, 5) is 24.4. The number of carbonyl (C=O) groups excluding carboxylic acids is 1. The third-order valence-corrected chi connectivity index (χ3v) is 4.86. The minimum atomic E-state index is -1.10. The summed E-state index contributed by atoms with van der Waals surface area (Å²) in [6, 6.07) is 13.9. The number of nitrogens with one attached hydrogen (secondary N) is 1. The Hall–Kier alpha value is -3.32. The Labute approximate surface area is 160 Å². The number of hydrogen-bond donors (Lipinski definition) is 2. The Morgan fingerprint density at radius 3 is 2.33 bits per heavy atom. The van der Waals surface area contributed by atoms with Crippen LogP contribution in [-0.2, 0) is 0 Å². The van der Waals surface area contributed by atoms with E-state index in [1.165, 1.54) is 25.6 Å². The summed E-state index contributed by atoms with van der Waals surface area (Å²) >= 11 is 1.17. The van der Waals surface area contributed by atoms with Crippen LogP contribution in [0.4, 0.5) is 5.00 Å². The second-order valence-electron chi connectivity index (χ2n) is 5.55. The molecule has 0 aliphatic carbocycles. The smallest absolute Gasteiger partial charge is 0.339 e. The predicted octanol–water partition coefficient (Wildman–Crippen LogP) is 4.38. The van der Waals surface area contributed by atoms with Crippen LogP contribution in [0, 0.1) is 0 Å². The first-order chi connectivity index (χ1) is 13.0. The van der Waals surface area contributed by atoms with E-state index in [0.717, 1.165) is 5.56 Å². The number of thiophene rings is 1. The number of benzene rings is 2. The Morgan fingerprint density at radius 2 is 1.70 bits per heavy atom. The van der Waals surface area contributed by atoms with E-state index < -0.39 is 11.9 Å². The van der Waals surface area contributed by atoms with Gasteiger partial charge in [-0.05, 0) is 23.8 Å². The molecule has 0 fully saturated rings. The molecule has 0 aliphatic heterocycles. The van der Waals surface area contributed by atoms with E-state index in [1.54, 1.807) is 23.6 Å². The SMILES string of the molecule is COc1ccc(C(=O)Nc2scc(-c3ccccc3)c2C(=O)O)cc1OC. The number of ether oxygens (including phenoxy) is 2. The van der Waals surface area contributed by atoms with Crippen molar-refractivity contribution < 1.29 is 24.2 Å². The number of rotatable bonds is 6. The fourth-order valence-electron chi connectivity index (χ4n) is 2.65. The molecule has 0 aliphatic rings. The largest absolute Gasteiger partial charge is 0.493 e. The Kier molecular flexibility index (Phi) is 5.42. The molecular weight excluding hydrogens is 366 g/mol. The van der Waals surface area contributed by atoms with E-state index in [-0.39, 0.29) is 10.6 Å². The van der Waals surface area contributed by atoms with Gasteiger partial charge in [0.05, 0.1) is 14.2 Å². The van der Waals surface area contributed by atoms with Gasteiger partial charge in [0.25, 0.3) is 5.91 Å². The summed E-state index contributed by atoms with van der Waals surface area (Å²) in [6.07, 6.45) is 0. The van der Waals surface area contributed by atoms with E-state index in [0.29, 0.717) is 22.6 Å². The molecule has 6 nitrogen and oxygen atoms in total. The van der Waals surface area contributed by atoms with Gasteiger partial charge in [-0.25, -0.2) is 4.79 Å². The van der Waals surface area contributed by atoms with Gasteiger partial charge in [-0.2, -0.15) is 0 Å². The average Bonchev–Trinajstić information content (AvgIpc) is 3.11. The number of carboxylic acid groups (broad SMARTS) is 1. The van der Waals surface area contributed by atoms with E-state index >= 15 is 0 Å². The zero-order valence-electron chi connectivity index (χ0n) is 14.7. The van der Waals surface area contributed by atoms with Gasteiger partial charge < -0.3 is 19.9 Å². The highest BCUT2D eigenvalue weighted by Crippen LogP contribution is 2.36. The van der Waals surface area contributed by atoms with Gasteiger partial charge in [0, 0.05) is 16.5 Å². The van der Waals surface area contributed by atoms with Gasteiger partial charge in [-0.3, -0.25) is 4.79 Å². The zero-order valence-corrected chi connectivity index (χ0v) is 15.5. The molecular formula is C20H17NO5S. The second-order valence-corrected chi connectivity index (χ2v) is 6.43. The van der Waals surface area contributed by atoms with Gasteiger partial charge in [-0.15, -0.1) is 11.3 Å². The number of carbonyl (C=O) groups is 2. The van der Waals surface area contributed by atoms with Crippen molar-refractivity contribution in [1.29, 1.82) is 0 Å². The molecule has 0 unspecified atom stereocenters. The molecule has 138 valence electrons. The molecule has 1 amide bonds. The summed E-state index contributed by atoms with van der Waals surface area (Å²) < 4.78 is 10.4. The average molecular weight is 383 g/mol. The van der Waals surface area contributed by atoms with E-state index in [2.05, 4.69) is 5.32 Å². The van der Waals surface area contributed by atoms with Crippen LogP contribution in [0.1, 0.15) is 20.7 Å². The number of hydrogen-bond acceptors (Lipinski definition) is 5. The molecule has 27 heavy (non-hydrogen) atoms. The summed E-state index contributed by atoms with van der Waals surface area (Å²) in [6.45, 7) is 0. The molecule has 0 bridgehead atoms. The van der Waals surface area contributed by atoms with Crippen LogP contribution in [-0.4, -0.2) is 31.2 Å². The van der Waals surface area contributed by atoms with E-state index in [4.69, 9.17) is 9.47 Å². The lowest BCUT2D eigenvalue weighted by Crippen LogP contribution is -2.13. The summed E-state index contributed by atoms with van der Waals surface area (Å²) in [5.41, 5.74) is 1.74. The van der Waals surface area contributed by atoms with Crippen LogP contribution in [0.15, 0.2) is 53.9 Å². The maximum Gasteiger partial charge on any atom is 0.339 e. The summed E-state index contributed by atoms with van der Waals surface area (Å²) in [5.74, 6) is -0.611. The Morgan fingerprint density at radius 1 is 1.00 bits per heavy atom. The molecule has 0 spiro atoms. The lowest BCUT2D eigenvalue weighted by Gasteiger charge is -2.10. The third-order valence-electron chi connectivity index (χ3n) is 3.96. The highest BCUT2D eigenvalue weighted by atomic mass is 32.1. The van der Waals surface area contributed by atoms with E-state index in [1.807, 2.05) is 30.3 Å². The number of aromatic carboxylic acids is 1. The van der Waals surface area contributed by atoms with Crippen molar-refractivity contribution in [2.24, 2.45) is 0 Å². The maximum atomic E-state index is 12.6. The molecule has 1 heterocycles. The molecule has 0 saturated carbocycles. The molecule has 2 N–H and O–H groups in total.